The number of halogens is 2. The Hall–Kier alpha value is -1.53. The first kappa shape index (κ1) is 18.8. The maximum absolute atomic E-state index is 14.2. The third-order valence-corrected chi connectivity index (χ3v) is 4.90. The molecule has 3 nitrogen and oxygen atoms in total. The standard InChI is InChI=1S/C18H19BrFNO2S/c1-4-12-9-15(20)17(8-11(12)2)23-10-13-14(19)6-5-7-16(13)21-18(22)24-3/h5-9H,4,10H2,1-3H3,(H,21,22). The topological polar surface area (TPSA) is 38.3 Å². The molecule has 0 aliphatic rings. The van der Waals surface area contributed by atoms with E-state index in [2.05, 4.69) is 21.2 Å². The molecular formula is C18H19BrFNO2S. The fourth-order valence-corrected chi connectivity index (χ4v) is 3.01. The molecule has 0 saturated carbocycles. The Morgan fingerprint density at radius 1 is 1.38 bits per heavy atom. The predicted molar refractivity (Wildman–Crippen MR) is 102 cm³/mol. The van der Waals surface area contributed by atoms with Crippen molar-refractivity contribution >= 4 is 38.6 Å². The molecule has 0 aliphatic heterocycles. The number of carbonyl (C=O) groups excluding carboxylic acids is 1. The monoisotopic (exact) mass is 411 g/mol. The normalized spacial score (nSPS) is 10.5. The van der Waals surface area contributed by atoms with Crippen LogP contribution in [-0.2, 0) is 13.0 Å². The van der Waals surface area contributed by atoms with Gasteiger partial charge in [0.1, 0.15) is 6.61 Å². The first-order valence-electron chi connectivity index (χ1n) is 7.50. The molecular weight excluding hydrogens is 393 g/mol. The van der Waals surface area contributed by atoms with Crippen molar-refractivity contribution in [2.75, 3.05) is 11.6 Å². The highest BCUT2D eigenvalue weighted by atomic mass is 79.9. The Labute approximate surface area is 154 Å². The fraction of sp³-hybridized carbons (Fsp3) is 0.278. The van der Waals surface area contributed by atoms with E-state index in [1.165, 1.54) is 6.07 Å². The van der Waals surface area contributed by atoms with Crippen molar-refractivity contribution < 1.29 is 13.9 Å². The first-order chi connectivity index (χ1) is 11.5. The van der Waals surface area contributed by atoms with Gasteiger partial charge in [0.05, 0.1) is 0 Å². The van der Waals surface area contributed by atoms with Gasteiger partial charge in [-0.05, 0) is 55.0 Å². The molecule has 6 heteroatoms. The number of thioether (sulfide) groups is 1. The van der Waals surface area contributed by atoms with E-state index in [1.54, 1.807) is 18.4 Å². The molecule has 24 heavy (non-hydrogen) atoms. The smallest absolute Gasteiger partial charge is 0.283 e. The third kappa shape index (κ3) is 4.51. The van der Waals surface area contributed by atoms with Crippen LogP contribution in [0.15, 0.2) is 34.8 Å². The summed E-state index contributed by atoms with van der Waals surface area (Å²) in [4.78, 5) is 11.6. The minimum Gasteiger partial charge on any atom is -0.486 e. The van der Waals surface area contributed by atoms with Crippen LogP contribution in [0.25, 0.3) is 0 Å². The summed E-state index contributed by atoms with van der Waals surface area (Å²) in [6, 6.07) is 8.70. The lowest BCUT2D eigenvalue weighted by molar-refractivity contribution is 0.269. The average Bonchev–Trinajstić information content (AvgIpc) is 2.56. The van der Waals surface area contributed by atoms with Crippen LogP contribution in [0, 0.1) is 12.7 Å². The van der Waals surface area contributed by atoms with Crippen molar-refractivity contribution in [3.05, 3.63) is 57.3 Å². The molecule has 0 heterocycles. The summed E-state index contributed by atoms with van der Waals surface area (Å²) >= 11 is 4.55. The van der Waals surface area contributed by atoms with E-state index in [9.17, 15) is 9.18 Å². The van der Waals surface area contributed by atoms with Gasteiger partial charge in [0.25, 0.3) is 5.24 Å². The van der Waals surface area contributed by atoms with Crippen molar-refractivity contribution in [1.82, 2.24) is 0 Å². The molecule has 0 spiro atoms. The number of benzene rings is 2. The van der Waals surface area contributed by atoms with Crippen LogP contribution in [0.1, 0.15) is 23.6 Å². The highest BCUT2D eigenvalue weighted by Gasteiger charge is 2.13. The Kier molecular flexibility index (Phi) is 6.69. The second-order valence-corrected chi connectivity index (χ2v) is 6.87. The number of amides is 1. The molecule has 1 N–H and O–H groups in total. The fourth-order valence-electron chi connectivity index (χ4n) is 2.32. The van der Waals surface area contributed by atoms with E-state index < -0.39 is 0 Å². The SMILES string of the molecule is CCc1cc(F)c(OCc2c(Br)cccc2NC(=O)SC)cc1C. The zero-order chi connectivity index (χ0) is 17.7. The van der Waals surface area contributed by atoms with Crippen LogP contribution in [0.5, 0.6) is 5.75 Å². The van der Waals surface area contributed by atoms with E-state index in [4.69, 9.17) is 4.74 Å². The van der Waals surface area contributed by atoms with Gasteiger partial charge in [0.15, 0.2) is 11.6 Å². The van der Waals surface area contributed by atoms with E-state index in [0.717, 1.165) is 39.3 Å². The predicted octanol–water partition coefficient (Wildman–Crippen LogP) is 5.93. The molecule has 0 fully saturated rings. The Morgan fingerprint density at radius 3 is 2.79 bits per heavy atom. The number of aryl methyl sites for hydroxylation is 2. The number of nitrogens with one attached hydrogen (secondary N) is 1. The number of hydrogen-bond donors (Lipinski definition) is 1. The molecule has 0 aromatic heterocycles. The van der Waals surface area contributed by atoms with Gasteiger partial charge in [-0.25, -0.2) is 4.39 Å². The molecule has 0 aliphatic carbocycles. The summed E-state index contributed by atoms with van der Waals surface area (Å²) in [5.74, 6) is -0.165. The summed E-state index contributed by atoms with van der Waals surface area (Å²) in [5.41, 5.74) is 3.37. The molecule has 128 valence electrons. The third-order valence-electron chi connectivity index (χ3n) is 3.68. The van der Waals surface area contributed by atoms with Crippen molar-refractivity contribution in [3.63, 3.8) is 0 Å². The van der Waals surface area contributed by atoms with Crippen molar-refractivity contribution in [3.8, 4) is 5.75 Å². The molecule has 2 aromatic rings. The molecule has 0 unspecified atom stereocenters. The number of hydrogen-bond acceptors (Lipinski definition) is 3. The Bertz CT molecular complexity index is 752. The van der Waals surface area contributed by atoms with E-state index in [-0.39, 0.29) is 23.4 Å². The molecule has 0 bridgehead atoms. The lowest BCUT2D eigenvalue weighted by Gasteiger charge is -2.15. The number of anilines is 1. The maximum Gasteiger partial charge on any atom is 0.283 e. The van der Waals surface area contributed by atoms with Crippen LogP contribution >= 0.6 is 27.7 Å². The minimum atomic E-state index is -0.376. The largest absolute Gasteiger partial charge is 0.486 e. The van der Waals surface area contributed by atoms with E-state index >= 15 is 0 Å². The van der Waals surface area contributed by atoms with Gasteiger partial charge in [0, 0.05) is 15.7 Å². The maximum atomic E-state index is 14.2. The first-order valence-corrected chi connectivity index (χ1v) is 9.52. The van der Waals surface area contributed by atoms with Crippen LogP contribution in [0.3, 0.4) is 0 Å². The van der Waals surface area contributed by atoms with Crippen LogP contribution in [-0.4, -0.2) is 11.5 Å². The minimum absolute atomic E-state index is 0.146. The summed E-state index contributed by atoms with van der Waals surface area (Å²) in [6.45, 7) is 4.07. The average molecular weight is 412 g/mol. The van der Waals surface area contributed by atoms with Gasteiger partial charge >= 0.3 is 0 Å². The second-order valence-electron chi connectivity index (χ2n) is 5.23. The van der Waals surface area contributed by atoms with Gasteiger partial charge in [0.2, 0.25) is 0 Å². The summed E-state index contributed by atoms with van der Waals surface area (Å²) in [7, 11) is 0. The Balaban J connectivity index is 2.23. The molecule has 0 radical (unpaired) electrons. The van der Waals surface area contributed by atoms with Crippen molar-refractivity contribution in [1.29, 1.82) is 0 Å². The molecule has 1 amide bonds. The molecule has 0 saturated heterocycles. The number of ether oxygens (including phenoxy) is 1. The van der Waals surface area contributed by atoms with E-state index in [0.29, 0.717) is 5.69 Å². The zero-order valence-electron chi connectivity index (χ0n) is 13.8. The quantitative estimate of drug-likeness (QED) is 0.661. The summed E-state index contributed by atoms with van der Waals surface area (Å²) in [5, 5.41) is 2.64. The van der Waals surface area contributed by atoms with Gasteiger partial charge < -0.3 is 10.1 Å². The number of carbonyl (C=O) groups is 1. The highest BCUT2D eigenvalue weighted by molar-refractivity contribution is 9.10. The molecule has 0 atom stereocenters. The highest BCUT2D eigenvalue weighted by Crippen LogP contribution is 2.29. The van der Waals surface area contributed by atoms with Crippen molar-refractivity contribution in [2.24, 2.45) is 0 Å². The van der Waals surface area contributed by atoms with Gasteiger partial charge in [-0.3, -0.25) is 4.79 Å². The van der Waals surface area contributed by atoms with Crippen LogP contribution in [0.4, 0.5) is 14.9 Å². The van der Waals surface area contributed by atoms with E-state index in [1.807, 2.05) is 26.0 Å². The van der Waals surface area contributed by atoms with Gasteiger partial charge in [-0.2, -0.15) is 0 Å². The second kappa shape index (κ2) is 8.53. The van der Waals surface area contributed by atoms with Gasteiger partial charge in [-0.15, -0.1) is 0 Å². The van der Waals surface area contributed by atoms with Gasteiger partial charge in [-0.1, -0.05) is 40.7 Å². The van der Waals surface area contributed by atoms with Crippen LogP contribution < -0.4 is 10.1 Å². The number of rotatable bonds is 5. The van der Waals surface area contributed by atoms with Crippen molar-refractivity contribution in [2.45, 2.75) is 26.9 Å². The lowest BCUT2D eigenvalue weighted by Crippen LogP contribution is -2.09. The summed E-state index contributed by atoms with van der Waals surface area (Å²) < 4.78 is 20.6. The van der Waals surface area contributed by atoms with Crippen LogP contribution in [0.2, 0.25) is 0 Å². The lowest BCUT2D eigenvalue weighted by atomic mass is 10.1. The zero-order valence-corrected chi connectivity index (χ0v) is 16.2. The Morgan fingerprint density at radius 2 is 2.12 bits per heavy atom. The molecule has 2 aromatic carbocycles. The summed E-state index contributed by atoms with van der Waals surface area (Å²) in [6.07, 6.45) is 2.48. The molecule has 2 rings (SSSR count).